The highest BCUT2D eigenvalue weighted by molar-refractivity contribution is 6.00. The van der Waals surface area contributed by atoms with Crippen LogP contribution in [0.5, 0.6) is 0 Å². The second kappa shape index (κ2) is 7.75. The molecule has 2 N–H and O–H groups in total. The Hall–Kier alpha value is -3.94. The lowest BCUT2D eigenvalue weighted by molar-refractivity contribution is 0.262. The van der Waals surface area contributed by atoms with Gasteiger partial charge in [0.15, 0.2) is 5.76 Å². The largest absolute Gasteiger partial charge is 0.461 e. The summed E-state index contributed by atoms with van der Waals surface area (Å²) in [6, 6.07) is 16.0. The third-order valence-electron chi connectivity index (χ3n) is 3.94. The number of benzene rings is 2. The van der Waals surface area contributed by atoms with Crippen molar-refractivity contribution in [2.75, 3.05) is 10.6 Å². The quantitative estimate of drug-likeness (QED) is 0.525. The molecule has 2 aromatic carbocycles. The minimum absolute atomic E-state index is 0.0949. The average molecular weight is 378 g/mol. The maximum Gasteiger partial charge on any atom is 0.323 e. The van der Waals surface area contributed by atoms with E-state index in [2.05, 4.69) is 20.8 Å². The van der Waals surface area contributed by atoms with Crippen molar-refractivity contribution in [3.05, 3.63) is 84.2 Å². The van der Waals surface area contributed by atoms with Crippen molar-refractivity contribution in [3.63, 3.8) is 0 Å². The molecule has 0 radical (unpaired) electrons. The van der Waals surface area contributed by atoms with Gasteiger partial charge in [-0.3, -0.25) is 0 Å². The van der Waals surface area contributed by atoms with Gasteiger partial charge in [-0.05, 0) is 35.9 Å². The lowest BCUT2D eigenvalue weighted by atomic mass is 10.1. The van der Waals surface area contributed by atoms with Gasteiger partial charge in [0.1, 0.15) is 5.82 Å². The Morgan fingerprint density at radius 3 is 2.50 bits per heavy atom. The fourth-order valence-corrected chi connectivity index (χ4v) is 2.63. The molecule has 0 aliphatic carbocycles. The van der Waals surface area contributed by atoms with Crippen LogP contribution in [0.25, 0.3) is 11.6 Å². The van der Waals surface area contributed by atoms with Crippen molar-refractivity contribution < 1.29 is 18.1 Å². The third kappa shape index (κ3) is 3.90. The van der Waals surface area contributed by atoms with Crippen LogP contribution >= 0.6 is 0 Å². The van der Waals surface area contributed by atoms with Crippen molar-refractivity contribution in [1.82, 2.24) is 10.1 Å². The molecule has 2 heterocycles. The Labute approximate surface area is 159 Å². The molecule has 4 rings (SSSR count). The Morgan fingerprint density at radius 1 is 0.964 bits per heavy atom. The SMILES string of the molecule is O=C(Nc1ccccc1F)Nc1ccccc1Cc1nc(-c2ccco2)no1. The van der Waals surface area contributed by atoms with Crippen molar-refractivity contribution >= 4 is 17.4 Å². The van der Waals surface area contributed by atoms with Crippen LogP contribution < -0.4 is 10.6 Å². The number of nitrogens with one attached hydrogen (secondary N) is 2. The van der Waals surface area contributed by atoms with E-state index in [0.29, 0.717) is 29.6 Å². The number of halogens is 1. The molecule has 0 fully saturated rings. The molecule has 0 unspecified atom stereocenters. The maximum atomic E-state index is 13.7. The molecule has 0 spiro atoms. The zero-order valence-corrected chi connectivity index (χ0v) is 14.6. The van der Waals surface area contributed by atoms with E-state index in [0.717, 1.165) is 5.56 Å². The Kier molecular flexibility index (Phi) is 4.83. The Bertz CT molecular complexity index is 1090. The molecule has 28 heavy (non-hydrogen) atoms. The van der Waals surface area contributed by atoms with Gasteiger partial charge in [-0.1, -0.05) is 35.5 Å². The first-order chi connectivity index (χ1) is 13.7. The number of urea groups is 1. The topological polar surface area (TPSA) is 93.2 Å². The second-order valence-electron chi connectivity index (χ2n) is 5.88. The van der Waals surface area contributed by atoms with Crippen LogP contribution in [0.15, 0.2) is 75.9 Å². The van der Waals surface area contributed by atoms with Crippen molar-refractivity contribution in [2.24, 2.45) is 0 Å². The van der Waals surface area contributed by atoms with Gasteiger partial charge < -0.3 is 19.6 Å². The zero-order valence-electron chi connectivity index (χ0n) is 14.6. The number of rotatable bonds is 5. The minimum atomic E-state index is -0.556. The van der Waals surface area contributed by atoms with Gasteiger partial charge >= 0.3 is 6.03 Å². The first-order valence-electron chi connectivity index (χ1n) is 8.46. The summed E-state index contributed by atoms with van der Waals surface area (Å²) >= 11 is 0. The lowest BCUT2D eigenvalue weighted by Crippen LogP contribution is -2.21. The third-order valence-corrected chi connectivity index (χ3v) is 3.94. The van der Waals surface area contributed by atoms with E-state index in [-0.39, 0.29) is 5.69 Å². The van der Waals surface area contributed by atoms with Gasteiger partial charge in [-0.2, -0.15) is 4.98 Å². The molecule has 2 aromatic heterocycles. The standard InChI is InChI=1S/C20H15FN4O3/c21-14-7-2-4-9-16(14)23-20(26)22-15-8-3-1-6-13(15)12-18-24-19(25-28-18)17-10-5-11-27-17/h1-11H,12H2,(H2,22,23,26). The van der Waals surface area contributed by atoms with Crippen LogP contribution in [0.4, 0.5) is 20.6 Å². The molecule has 0 aliphatic heterocycles. The molecular formula is C20H15FN4O3. The second-order valence-corrected chi connectivity index (χ2v) is 5.88. The van der Waals surface area contributed by atoms with Crippen LogP contribution in [0.2, 0.25) is 0 Å². The number of hydrogen-bond acceptors (Lipinski definition) is 5. The number of anilines is 2. The zero-order chi connectivity index (χ0) is 19.3. The molecule has 0 aliphatic rings. The number of carbonyl (C=O) groups is 1. The predicted octanol–water partition coefficient (Wildman–Crippen LogP) is 4.70. The summed E-state index contributed by atoms with van der Waals surface area (Å²) in [6.45, 7) is 0. The summed E-state index contributed by atoms with van der Waals surface area (Å²) in [5, 5.41) is 9.09. The minimum Gasteiger partial charge on any atom is -0.461 e. The van der Waals surface area contributed by atoms with Crippen LogP contribution in [0, 0.1) is 5.82 Å². The number of furan rings is 1. The highest BCUT2D eigenvalue weighted by atomic mass is 19.1. The van der Waals surface area contributed by atoms with E-state index in [1.807, 2.05) is 12.1 Å². The molecule has 0 saturated carbocycles. The van der Waals surface area contributed by atoms with Crippen molar-refractivity contribution in [2.45, 2.75) is 6.42 Å². The molecular weight excluding hydrogens is 363 g/mol. The summed E-state index contributed by atoms with van der Waals surface area (Å²) in [4.78, 5) is 16.5. The number of hydrogen-bond donors (Lipinski definition) is 2. The summed E-state index contributed by atoms with van der Waals surface area (Å²) in [7, 11) is 0. The molecule has 8 heteroatoms. The van der Waals surface area contributed by atoms with Gasteiger partial charge in [0.25, 0.3) is 0 Å². The monoisotopic (exact) mass is 378 g/mol. The van der Waals surface area contributed by atoms with E-state index in [4.69, 9.17) is 8.94 Å². The fraction of sp³-hybridized carbons (Fsp3) is 0.0500. The number of nitrogens with zero attached hydrogens (tertiary/aromatic N) is 2. The highest BCUT2D eigenvalue weighted by Gasteiger charge is 2.14. The number of para-hydroxylation sites is 2. The Morgan fingerprint density at radius 2 is 1.71 bits per heavy atom. The molecule has 7 nitrogen and oxygen atoms in total. The number of amides is 2. The van der Waals surface area contributed by atoms with E-state index in [1.54, 1.807) is 36.4 Å². The number of aromatic nitrogens is 2. The predicted molar refractivity (Wildman–Crippen MR) is 100 cm³/mol. The molecule has 0 bridgehead atoms. The molecule has 4 aromatic rings. The van der Waals surface area contributed by atoms with E-state index in [1.165, 1.54) is 18.4 Å². The Balaban J connectivity index is 1.48. The van der Waals surface area contributed by atoms with Crippen LogP contribution in [0.1, 0.15) is 11.5 Å². The van der Waals surface area contributed by atoms with Gasteiger partial charge in [-0.25, -0.2) is 9.18 Å². The normalized spacial score (nSPS) is 10.6. The van der Waals surface area contributed by atoms with Crippen LogP contribution in [0.3, 0.4) is 0 Å². The summed E-state index contributed by atoms with van der Waals surface area (Å²) in [5.74, 6) is 0.714. The fourth-order valence-electron chi connectivity index (χ4n) is 2.63. The smallest absolute Gasteiger partial charge is 0.323 e. The van der Waals surface area contributed by atoms with Crippen molar-refractivity contribution in [3.8, 4) is 11.6 Å². The lowest BCUT2D eigenvalue weighted by Gasteiger charge is -2.11. The molecule has 2 amide bonds. The first-order valence-corrected chi connectivity index (χ1v) is 8.46. The van der Waals surface area contributed by atoms with Gasteiger partial charge in [-0.15, -0.1) is 0 Å². The number of carbonyl (C=O) groups excluding carboxylic acids is 1. The summed E-state index contributed by atoms with van der Waals surface area (Å²) in [5.41, 5.74) is 1.41. The van der Waals surface area contributed by atoms with E-state index >= 15 is 0 Å². The van der Waals surface area contributed by atoms with Crippen LogP contribution in [-0.2, 0) is 6.42 Å². The van der Waals surface area contributed by atoms with E-state index in [9.17, 15) is 9.18 Å². The van der Waals surface area contributed by atoms with Gasteiger partial charge in [0.05, 0.1) is 18.4 Å². The molecule has 0 saturated heterocycles. The maximum absolute atomic E-state index is 13.7. The average Bonchev–Trinajstić information content (AvgIpc) is 3.37. The van der Waals surface area contributed by atoms with Crippen molar-refractivity contribution in [1.29, 1.82) is 0 Å². The summed E-state index contributed by atoms with van der Waals surface area (Å²) in [6.07, 6.45) is 1.84. The van der Waals surface area contributed by atoms with Gasteiger partial charge in [0.2, 0.25) is 11.7 Å². The molecule has 140 valence electrons. The first kappa shape index (κ1) is 17.5. The van der Waals surface area contributed by atoms with Crippen LogP contribution in [-0.4, -0.2) is 16.2 Å². The van der Waals surface area contributed by atoms with E-state index < -0.39 is 11.8 Å². The highest BCUT2D eigenvalue weighted by Crippen LogP contribution is 2.22. The van der Waals surface area contributed by atoms with Gasteiger partial charge in [0, 0.05) is 5.69 Å². The molecule has 0 atom stereocenters. The summed E-state index contributed by atoms with van der Waals surface area (Å²) < 4.78 is 24.2.